The van der Waals surface area contributed by atoms with Crippen molar-refractivity contribution in [3.8, 4) is 0 Å². The van der Waals surface area contributed by atoms with Crippen LogP contribution < -0.4 is 10.6 Å². The fourth-order valence-electron chi connectivity index (χ4n) is 2.16. The van der Waals surface area contributed by atoms with Crippen molar-refractivity contribution in [1.82, 2.24) is 15.5 Å². The summed E-state index contributed by atoms with van der Waals surface area (Å²) in [4.78, 5) is 12.5. The maximum Gasteiger partial charge on any atom is 0.401 e. The lowest BCUT2D eigenvalue weighted by molar-refractivity contribution is -0.153. The van der Waals surface area contributed by atoms with E-state index in [1.807, 2.05) is 0 Å². The van der Waals surface area contributed by atoms with E-state index in [4.69, 9.17) is 0 Å². The minimum absolute atomic E-state index is 0.0856. The Hall–Kier alpha value is -0.820. The highest BCUT2D eigenvalue weighted by molar-refractivity contribution is 5.75. The SMILES string of the molecule is CNC(=O)CCN(CC(F)(F)F)C1CCNCC1. The highest BCUT2D eigenvalue weighted by Gasteiger charge is 2.34. The molecule has 7 heteroatoms. The highest BCUT2D eigenvalue weighted by atomic mass is 19.4. The van der Waals surface area contributed by atoms with E-state index < -0.39 is 12.7 Å². The van der Waals surface area contributed by atoms with Gasteiger partial charge in [-0.2, -0.15) is 13.2 Å². The van der Waals surface area contributed by atoms with Crippen LogP contribution in [0.25, 0.3) is 0 Å². The smallest absolute Gasteiger partial charge is 0.359 e. The second-order valence-corrected chi connectivity index (χ2v) is 4.49. The Balaban J connectivity index is 2.53. The number of carbonyl (C=O) groups is 1. The van der Waals surface area contributed by atoms with Gasteiger partial charge in [0.1, 0.15) is 0 Å². The Bertz CT molecular complexity index is 265. The van der Waals surface area contributed by atoms with Crippen LogP contribution in [0.2, 0.25) is 0 Å². The van der Waals surface area contributed by atoms with Gasteiger partial charge in [-0.1, -0.05) is 0 Å². The average Bonchev–Trinajstić information content (AvgIpc) is 2.33. The minimum atomic E-state index is -4.21. The first-order valence-corrected chi connectivity index (χ1v) is 6.14. The fourth-order valence-corrected chi connectivity index (χ4v) is 2.16. The summed E-state index contributed by atoms with van der Waals surface area (Å²) in [6, 6.07) is -0.0856. The van der Waals surface area contributed by atoms with Gasteiger partial charge in [-0.15, -0.1) is 0 Å². The summed E-state index contributed by atoms with van der Waals surface area (Å²) >= 11 is 0. The van der Waals surface area contributed by atoms with E-state index >= 15 is 0 Å². The molecular formula is C11H20F3N3O. The van der Waals surface area contributed by atoms with Crippen molar-refractivity contribution in [3.63, 3.8) is 0 Å². The van der Waals surface area contributed by atoms with Gasteiger partial charge in [-0.25, -0.2) is 0 Å². The lowest BCUT2D eigenvalue weighted by atomic mass is 10.0. The number of carbonyl (C=O) groups excluding carboxylic acids is 1. The molecule has 0 saturated carbocycles. The number of amides is 1. The number of hydrogen-bond donors (Lipinski definition) is 2. The Morgan fingerprint density at radius 1 is 1.39 bits per heavy atom. The molecule has 0 unspecified atom stereocenters. The summed E-state index contributed by atoms with van der Waals surface area (Å²) in [5.74, 6) is -0.226. The predicted octanol–water partition coefficient (Wildman–Crippen LogP) is 0.739. The summed E-state index contributed by atoms with van der Waals surface area (Å²) in [7, 11) is 1.49. The molecule has 106 valence electrons. The lowest BCUT2D eigenvalue weighted by Crippen LogP contribution is -2.47. The van der Waals surface area contributed by atoms with E-state index in [2.05, 4.69) is 10.6 Å². The van der Waals surface area contributed by atoms with E-state index in [-0.39, 0.29) is 24.9 Å². The number of alkyl halides is 3. The number of hydrogen-bond acceptors (Lipinski definition) is 3. The number of nitrogens with one attached hydrogen (secondary N) is 2. The summed E-state index contributed by atoms with van der Waals surface area (Å²) in [5.41, 5.74) is 0. The molecule has 1 aliphatic heterocycles. The van der Waals surface area contributed by atoms with Gasteiger partial charge in [0.05, 0.1) is 6.54 Å². The molecule has 18 heavy (non-hydrogen) atoms. The van der Waals surface area contributed by atoms with Crippen LogP contribution >= 0.6 is 0 Å². The molecule has 1 amide bonds. The van der Waals surface area contributed by atoms with Crippen LogP contribution in [-0.2, 0) is 4.79 Å². The summed E-state index contributed by atoms with van der Waals surface area (Å²) < 4.78 is 37.5. The van der Waals surface area contributed by atoms with E-state index in [0.717, 1.165) is 13.1 Å². The molecular weight excluding hydrogens is 247 g/mol. The van der Waals surface area contributed by atoms with Gasteiger partial charge in [-0.05, 0) is 25.9 Å². The maximum absolute atomic E-state index is 12.5. The van der Waals surface area contributed by atoms with Crippen molar-refractivity contribution in [2.75, 3.05) is 33.2 Å². The molecule has 1 rings (SSSR count). The first-order valence-electron chi connectivity index (χ1n) is 6.14. The van der Waals surface area contributed by atoms with Crippen molar-refractivity contribution in [2.45, 2.75) is 31.5 Å². The lowest BCUT2D eigenvalue weighted by Gasteiger charge is -2.34. The molecule has 1 heterocycles. The normalized spacial score (nSPS) is 18.1. The van der Waals surface area contributed by atoms with Gasteiger partial charge in [-0.3, -0.25) is 9.69 Å². The van der Waals surface area contributed by atoms with E-state index in [1.165, 1.54) is 11.9 Å². The molecule has 0 spiro atoms. The Morgan fingerprint density at radius 2 is 2.00 bits per heavy atom. The topological polar surface area (TPSA) is 44.4 Å². The molecule has 0 atom stereocenters. The second-order valence-electron chi connectivity index (χ2n) is 4.49. The third-order valence-corrected chi connectivity index (χ3v) is 3.11. The molecule has 0 radical (unpaired) electrons. The zero-order valence-electron chi connectivity index (χ0n) is 10.5. The molecule has 0 aliphatic carbocycles. The Labute approximate surface area is 105 Å². The number of nitrogens with zero attached hydrogens (tertiary/aromatic N) is 1. The first kappa shape index (κ1) is 15.2. The molecule has 0 aromatic rings. The highest BCUT2D eigenvalue weighted by Crippen LogP contribution is 2.21. The number of piperidine rings is 1. The predicted molar refractivity (Wildman–Crippen MR) is 62.2 cm³/mol. The van der Waals surface area contributed by atoms with Crippen molar-refractivity contribution in [2.24, 2.45) is 0 Å². The second kappa shape index (κ2) is 6.94. The van der Waals surface area contributed by atoms with Gasteiger partial charge in [0, 0.05) is 26.1 Å². The van der Waals surface area contributed by atoms with Crippen LogP contribution in [0.3, 0.4) is 0 Å². The van der Waals surface area contributed by atoms with E-state index in [1.54, 1.807) is 0 Å². The third kappa shape index (κ3) is 5.68. The molecule has 4 nitrogen and oxygen atoms in total. The quantitative estimate of drug-likeness (QED) is 0.772. The van der Waals surface area contributed by atoms with Crippen molar-refractivity contribution < 1.29 is 18.0 Å². The van der Waals surface area contributed by atoms with Gasteiger partial charge in [0.15, 0.2) is 0 Å². The fraction of sp³-hybridized carbons (Fsp3) is 0.909. The van der Waals surface area contributed by atoms with Crippen LogP contribution in [0.5, 0.6) is 0 Å². The van der Waals surface area contributed by atoms with Gasteiger partial charge < -0.3 is 10.6 Å². The van der Waals surface area contributed by atoms with Crippen LogP contribution in [0.1, 0.15) is 19.3 Å². The standard InChI is InChI=1S/C11H20F3N3O/c1-15-10(18)4-7-17(8-11(12,13)14)9-2-5-16-6-3-9/h9,16H,2-8H2,1H3,(H,15,18). The summed E-state index contributed by atoms with van der Waals surface area (Å²) in [6.07, 6.45) is -2.71. The first-order chi connectivity index (χ1) is 8.42. The molecule has 0 aromatic carbocycles. The van der Waals surface area contributed by atoms with E-state index in [9.17, 15) is 18.0 Å². The van der Waals surface area contributed by atoms with Gasteiger partial charge in [0.25, 0.3) is 0 Å². The molecule has 1 fully saturated rings. The minimum Gasteiger partial charge on any atom is -0.359 e. The average molecular weight is 267 g/mol. The van der Waals surface area contributed by atoms with Gasteiger partial charge >= 0.3 is 6.18 Å². The zero-order chi connectivity index (χ0) is 13.6. The molecule has 1 saturated heterocycles. The van der Waals surface area contributed by atoms with Crippen molar-refractivity contribution in [3.05, 3.63) is 0 Å². The van der Waals surface area contributed by atoms with Crippen LogP contribution in [0.4, 0.5) is 13.2 Å². The van der Waals surface area contributed by atoms with Crippen molar-refractivity contribution in [1.29, 1.82) is 0 Å². The third-order valence-electron chi connectivity index (χ3n) is 3.11. The maximum atomic E-state index is 12.5. The Kier molecular flexibility index (Phi) is 5.87. The molecule has 1 aliphatic rings. The van der Waals surface area contributed by atoms with Gasteiger partial charge in [0.2, 0.25) is 5.91 Å². The van der Waals surface area contributed by atoms with Crippen LogP contribution in [0, 0.1) is 0 Å². The van der Waals surface area contributed by atoms with Crippen LogP contribution in [-0.4, -0.2) is 56.3 Å². The zero-order valence-corrected chi connectivity index (χ0v) is 10.5. The molecule has 0 aromatic heterocycles. The van der Waals surface area contributed by atoms with Crippen molar-refractivity contribution >= 4 is 5.91 Å². The monoisotopic (exact) mass is 267 g/mol. The van der Waals surface area contributed by atoms with E-state index in [0.29, 0.717) is 12.8 Å². The molecule has 2 N–H and O–H groups in total. The number of halogens is 3. The van der Waals surface area contributed by atoms with Crippen LogP contribution in [0.15, 0.2) is 0 Å². The largest absolute Gasteiger partial charge is 0.401 e. The molecule has 0 bridgehead atoms. The summed E-state index contributed by atoms with van der Waals surface area (Å²) in [6.45, 7) is 0.691. The Morgan fingerprint density at radius 3 is 2.50 bits per heavy atom. The summed E-state index contributed by atoms with van der Waals surface area (Å²) in [5, 5.41) is 5.55. The number of rotatable bonds is 5.